The van der Waals surface area contributed by atoms with Crippen molar-refractivity contribution in [2.24, 2.45) is 0 Å². The lowest BCUT2D eigenvalue weighted by Gasteiger charge is -1.94. The summed E-state index contributed by atoms with van der Waals surface area (Å²) in [5, 5.41) is 0. The van der Waals surface area contributed by atoms with Gasteiger partial charge in [0.15, 0.2) is 5.44 Å². The van der Waals surface area contributed by atoms with Gasteiger partial charge in [0.25, 0.3) is 0 Å². The average Bonchev–Trinajstić information content (AvgIpc) is 1.91. The molecule has 6 heavy (non-hydrogen) atoms. The summed E-state index contributed by atoms with van der Waals surface area (Å²) in [6, 6.07) is 0. The number of rotatable bonds is 0. The predicted molar refractivity (Wildman–Crippen MR) is 26.2 cm³/mol. The minimum atomic E-state index is -0.347. The standard InChI is InChI=1S/C4H5OS/c6-4-2-1-3-5-4/h1,3-4H,2H2/i2D. The number of hydrogen-bond donors (Lipinski definition) is 0. The minimum absolute atomic E-state index is 0.324. The van der Waals surface area contributed by atoms with Gasteiger partial charge in [-0.2, -0.15) is 0 Å². The highest BCUT2D eigenvalue weighted by Gasteiger charge is 2.02. The fraction of sp³-hybridized carbons (Fsp3) is 0.500. The van der Waals surface area contributed by atoms with Gasteiger partial charge in [-0.3, -0.25) is 0 Å². The van der Waals surface area contributed by atoms with Crippen LogP contribution in [0.1, 0.15) is 7.77 Å². The lowest BCUT2D eigenvalue weighted by atomic mass is 10.5. The van der Waals surface area contributed by atoms with E-state index < -0.39 is 0 Å². The molecule has 1 nitrogen and oxygen atoms in total. The van der Waals surface area contributed by atoms with Crippen LogP contribution < -0.4 is 0 Å². The third-order valence-corrected chi connectivity index (χ3v) is 0.828. The van der Waals surface area contributed by atoms with Crippen molar-refractivity contribution < 1.29 is 6.11 Å². The van der Waals surface area contributed by atoms with Crippen molar-refractivity contribution in [1.29, 1.82) is 0 Å². The quantitative estimate of drug-likeness (QED) is 0.449. The normalized spacial score (nSPS) is 45.2. The molecule has 1 heterocycles. The molecule has 2 unspecified atom stereocenters. The summed E-state index contributed by atoms with van der Waals surface area (Å²) in [4.78, 5) is 0. The second-order valence-electron chi connectivity index (χ2n) is 1.03. The molecule has 0 saturated heterocycles. The van der Waals surface area contributed by atoms with Crippen LogP contribution in [0.25, 0.3) is 0 Å². The first kappa shape index (κ1) is 2.97. The third kappa shape index (κ3) is 0.684. The van der Waals surface area contributed by atoms with Gasteiger partial charge in [0.1, 0.15) is 0 Å². The first-order chi connectivity index (χ1) is 3.30. The van der Waals surface area contributed by atoms with Gasteiger partial charge >= 0.3 is 0 Å². The van der Waals surface area contributed by atoms with Crippen LogP contribution in [0.5, 0.6) is 0 Å². The maximum Gasteiger partial charge on any atom is 0.156 e. The number of hydrogen-bond acceptors (Lipinski definition) is 1. The van der Waals surface area contributed by atoms with Gasteiger partial charge in [-0.15, -0.1) is 0 Å². The maximum atomic E-state index is 7.02. The van der Waals surface area contributed by atoms with Crippen LogP contribution in [0.3, 0.4) is 0 Å². The fourth-order valence-corrected chi connectivity index (χ4v) is 0.459. The molecule has 0 saturated carbocycles. The molecule has 0 aliphatic carbocycles. The largest absolute Gasteiger partial charge is 0.487 e. The molecule has 0 spiro atoms. The second-order valence-corrected chi connectivity index (χ2v) is 1.49. The van der Waals surface area contributed by atoms with Crippen LogP contribution >= 0.6 is 12.6 Å². The Morgan fingerprint density at radius 2 is 3.00 bits per heavy atom. The van der Waals surface area contributed by atoms with Crippen molar-refractivity contribution in [2.45, 2.75) is 11.8 Å². The van der Waals surface area contributed by atoms with Crippen molar-refractivity contribution in [3.63, 3.8) is 0 Å². The Kier molecular flexibility index (Phi) is 0.771. The van der Waals surface area contributed by atoms with E-state index in [1.807, 2.05) is 0 Å². The summed E-state index contributed by atoms with van der Waals surface area (Å²) < 4.78 is 11.7. The number of ether oxygens (including phenoxy) is 1. The predicted octanol–water partition coefficient (Wildman–Crippen LogP) is 1.44. The van der Waals surface area contributed by atoms with E-state index in [-0.39, 0.29) is 11.8 Å². The Balaban J connectivity index is 2.45. The molecule has 33 valence electrons. The van der Waals surface area contributed by atoms with E-state index in [1.54, 1.807) is 6.08 Å². The lowest BCUT2D eigenvalue weighted by molar-refractivity contribution is 0.252. The summed E-state index contributed by atoms with van der Waals surface area (Å²) in [5.41, 5.74) is -0.347. The maximum absolute atomic E-state index is 7.02. The summed E-state index contributed by atoms with van der Waals surface area (Å²) >= 11 is 4.65. The van der Waals surface area contributed by atoms with Crippen LogP contribution in [0, 0.1) is 0 Å². The Labute approximate surface area is 43.8 Å². The molecule has 1 aliphatic heterocycles. The highest BCUT2D eigenvalue weighted by Crippen LogP contribution is 2.10. The van der Waals surface area contributed by atoms with Crippen LogP contribution in [-0.4, -0.2) is 5.44 Å². The first-order valence-electron chi connectivity index (χ1n) is 2.28. The first-order valence-corrected chi connectivity index (χ1v) is 2.18. The Hall–Kier alpha value is -0.110. The van der Waals surface area contributed by atoms with Gasteiger partial charge in [0, 0.05) is 7.77 Å². The smallest absolute Gasteiger partial charge is 0.156 e. The van der Waals surface area contributed by atoms with E-state index in [0.29, 0.717) is 0 Å². The zero-order valence-electron chi connectivity index (χ0n) is 4.13. The van der Waals surface area contributed by atoms with Crippen LogP contribution in [0.2, 0.25) is 0 Å². The highest BCUT2D eigenvalue weighted by atomic mass is 32.1. The molecule has 0 aromatic carbocycles. The van der Waals surface area contributed by atoms with Crippen molar-refractivity contribution in [2.75, 3.05) is 0 Å². The molecule has 1 radical (unpaired) electrons. The molecule has 2 heteroatoms. The minimum Gasteiger partial charge on any atom is -0.487 e. The molecule has 2 atom stereocenters. The van der Waals surface area contributed by atoms with Crippen molar-refractivity contribution in [3.8, 4) is 0 Å². The van der Waals surface area contributed by atoms with Gasteiger partial charge in [0.2, 0.25) is 0 Å². The molecule has 0 aromatic heterocycles. The summed E-state index contributed by atoms with van der Waals surface area (Å²) in [5.74, 6) is 0. The second kappa shape index (κ2) is 1.56. The summed E-state index contributed by atoms with van der Waals surface area (Å²) in [6.07, 6.45) is 2.79. The van der Waals surface area contributed by atoms with E-state index in [0.717, 1.165) is 0 Å². The molecule has 0 fully saturated rings. The molecule has 0 N–H and O–H groups in total. The van der Waals surface area contributed by atoms with Crippen molar-refractivity contribution >= 4 is 12.6 Å². The molecule has 0 aromatic rings. The Bertz CT molecular complexity index is 93.7. The van der Waals surface area contributed by atoms with Gasteiger partial charge in [0.05, 0.1) is 6.26 Å². The van der Waals surface area contributed by atoms with Gasteiger partial charge in [-0.05, 0) is 18.7 Å². The average molecular weight is 102 g/mol. The third-order valence-electron chi connectivity index (χ3n) is 0.560. The zero-order valence-corrected chi connectivity index (χ0v) is 3.94. The fourth-order valence-electron chi connectivity index (χ4n) is 0.304. The zero-order chi connectivity index (χ0) is 5.28. The van der Waals surface area contributed by atoms with E-state index in [4.69, 9.17) is 6.11 Å². The van der Waals surface area contributed by atoms with E-state index in [2.05, 4.69) is 12.6 Å². The Morgan fingerprint density at radius 3 is 3.17 bits per heavy atom. The summed E-state index contributed by atoms with van der Waals surface area (Å²) in [6.45, 7) is 0. The molecular weight excluding hydrogens is 96.1 g/mol. The van der Waals surface area contributed by atoms with Crippen molar-refractivity contribution in [3.05, 3.63) is 12.3 Å². The SMILES string of the molecule is [2H]C1C=COC1[S]. The van der Waals surface area contributed by atoms with Gasteiger partial charge in [-0.1, -0.05) is 0 Å². The molecular formula is C4H5OS. The van der Waals surface area contributed by atoms with E-state index >= 15 is 0 Å². The van der Waals surface area contributed by atoms with Crippen LogP contribution in [-0.2, 0) is 4.74 Å². The van der Waals surface area contributed by atoms with E-state index in [9.17, 15) is 0 Å². The molecule has 1 rings (SSSR count). The lowest BCUT2D eigenvalue weighted by Crippen LogP contribution is -1.89. The molecule has 0 bridgehead atoms. The van der Waals surface area contributed by atoms with Gasteiger partial charge < -0.3 is 4.74 Å². The van der Waals surface area contributed by atoms with Crippen LogP contribution in [0.15, 0.2) is 12.3 Å². The molecule has 0 amide bonds. The van der Waals surface area contributed by atoms with E-state index in [1.165, 1.54) is 6.26 Å². The Morgan fingerprint density at radius 1 is 2.17 bits per heavy atom. The monoisotopic (exact) mass is 102 g/mol. The summed E-state index contributed by atoms with van der Waals surface area (Å²) in [7, 11) is 0. The topological polar surface area (TPSA) is 9.23 Å². The van der Waals surface area contributed by atoms with Crippen LogP contribution in [0.4, 0.5) is 0 Å². The molecule has 1 aliphatic rings. The van der Waals surface area contributed by atoms with Gasteiger partial charge in [-0.25, -0.2) is 0 Å². The van der Waals surface area contributed by atoms with Crippen molar-refractivity contribution in [1.82, 2.24) is 0 Å². The highest BCUT2D eigenvalue weighted by molar-refractivity contribution is 7.80.